The van der Waals surface area contributed by atoms with Gasteiger partial charge in [-0.3, -0.25) is 0 Å². The largest absolute Gasteiger partial charge is 0.313 e. The van der Waals surface area contributed by atoms with Gasteiger partial charge in [-0.1, -0.05) is 92.8 Å². The third kappa shape index (κ3) is 5.00. The summed E-state index contributed by atoms with van der Waals surface area (Å²) in [5.74, 6) is 0. The minimum Gasteiger partial charge on any atom is -0.313 e. The van der Waals surface area contributed by atoms with Crippen LogP contribution in [0.5, 0.6) is 0 Å². The lowest BCUT2D eigenvalue weighted by Gasteiger charge is -2.45. The van der Waals surface area contributed by atoms with E-state index in [1.165, 1.54) is 117 Å². The molecule has 2 nitrogen and oxygen atoms in total. The molecule has 0 radical (unpaired) electrons. The Hall–Kier alpha value is -5.26. The van der Waals surface area contributed by atoms with E-state index < -0.39 is 0 Å². The van der Waals surface area contributed by atoms with Gasteiger partial charge in [0.1, 0.15) is 0 Å². The van der Waals surface area contributed by atoms with Crippen molar-refractivity contribution in [3.05, 3.63) is 145 Å². The monoisotopic (exact) mass is 686 g/mol. The van der Waals surface area contributed by atoms with Gasteiger partial charge in [0.05, 0.1) is 11.6 Å². The molecular weight excluding hydrogens is 638 g/mol. The second-order valence-electron chi connectivity index (χ2n) is 16.1. The van der Waals surface area contributed by atoms with Crippen molar-refractivity contribution >= 4 is 63.3 Å². The van der Waals surface area contributed by atoms with E-state index in [-0.39, 0.29) is 13.4 Å². The molecule has 8 rings (SSSR count). The molecular formula is C49H48B2N2. The molecule has 0 aliphatic carbocycles. The van der Waals surface area contributed by atoms with Crippen LogP contribution in [0.25, 0.3) is 11.1 Å². The molecule has 4 heteroatoms. The number of hydrogen-bond donors (Lipinski definition) is 0. The van der Waals surface area contributed by atoms with Crippen molar-refractivity contribution < 1.29 is 0 Å². The molecule has 2 heterocycles. The number of fused-ring (bicyclic) bond motifs is 4. The van der Waals surface area contributed by atoms with Gasteiger partial charge in [-0.25, -0.2) is 0 Å². The third-order valence-electron chi connectivity index (χ3n) is 13.5. The molecule has 0 aromatic heterocycles. The van der Waals surface area contributed by atoms with Crippen LogP contribution in [-0.4, -0.2) is 13.4 Å². The summed E-state index contributed by atoms with van der Waals surface area (Å²) in [5.41, 5.74) is 31.2. The van der Waals surface area contributed by atoms with E-state index in [9.17, 15) is 5.26 Å². The predicted molar refractivity (Wildman–Crippen MR) is 230 cm³/mol. The van der Waals surface area contributed by atoms with Crippen molar-refractivity contribution in [3.8, 4) is 17.2 Å². The number of hydrogen-bond acceptors (Lipinski definition) is 2. The standard InChI is InChI=1S/C49H48B2N2/c1-26-16-18-45-41(20-26)50(47-34(9)30(5)28(3)31(6)35(47)10)43-23-40(39-15-13-14-38(22-39)25-52)24-44-49(43)53(45)46-19-17-27(2)21-42(46)51(44)48-36(11)32(7)29(4)33(8)37(48)12/h13-24H,1-12H3. The van der Waals surface area contributed by atoms with Crippen molar-refractivity contribution in [1.82, 2.24) is 0 Å². The van der Waals surface area contributed by atoms with E-state index >= 15 is 0 Å². The summed E-state index contributed by atoms with van der Waals surface area (Å²) in [5, 5.41) is 10.0. The van der Waals surface area contributed by atoms with E-state index in [2.05, 4.69) is 155 Å². The highest BCUT2D eigenvalue weighted by atomic mass is 15.2. The summed E-state index contributed by atoms with van der Waals surface area (Å²) in [7, 11) is 0. The van der Waals surface area contributed by atoms with Crippen molar-refractivity contribution in [2.75, 3.05) is 4.90 Å². The van der Waals surface area contributed by atoms with Gasteiger partial charge in [0.2, 0.25) is 13.4 Å². The Morgan fingerprint density at radius 1 is 0.434 bits per heavy atom. The summed E-state index contributed by atoms with van der Waals surface area (Å²) in [6.07, 6.45) is 0. The number of aryl methyl sites for hydroxylation is 2. The second kappa shape index (κ2) is 12.4. The Morgan fingerprint density at radius 2 is 0.849 bits per heavy atom. The highest BCUT2D eigenvalue weighted by Crippen LogP contribution is 2.40. The lowest BCUT2D eigenvalue weighted by atomic mass is 9.29. The van der Waals surface area contributed by atoms with Gasteiger partial charge < -0.3 is 4.90 Å². The van der Waals surface area contributed by atoms with Crippen LogP contribution in [0.1, 0.15) is 72.3 Å². The maximum Gasteiger partial charge on any atom is 0.247 e. The molecule has 0 atom stereocenters. The zero-order valence-corrected chi connectivity index (χ0v) is 33.5. The Morgan fingerprint density at radius 3 is 1.26 bits per heavy atom. The number of benzene rings is 6. The minimum atomic E-state index is 0.0309. The molecule has 6 aromatic carbocycles. The maximum absolute atomic E-state index is 10.0. The first-order valence-corrected chi connectivity index (χ1v) is 19.1. The molecule has 0 bridgehead atoms. The Labute approximate surface area is 317 Å². The molecule has 0 amide bonds. The summed E-state index contributed by atoms with van der Waals surface area (Å²) in [6, 6.07) is 29.7. The maximum atomic E-state index is 10.0. The van der Waals surface area contributed by atoms with Crippen LogP contribution in [0.3, 0.4) is 0 Å². The van der Waals surface area contributed by atoms with Crippen molar-refractivity contribution in [2.24, 2.45) is 0 Å². The van der Waals surface area contributed by atoms with E-state index in [0.29, 0.717) is 5.56 Å². The van der Waals surface area contributed by atoms with Crippen LogP contribution in [-0.2, 0) is 0 Å². The third-order valence-corrected chi connectivity index (χ3v) is 13.5. The van der Waals surface area contributed by atoms with Crippen LogP contribution < -0.4 is 37.7 Å². The fraction of sp³-hybridized carbons (Fsp3) is 0.245. The second-order valence-corrected chi connectivity index (χ2v) is 16.1. The summed E-state index contributed by atoms with van der Waals surface area (Å²) in [6.45, 7) is 27.6. The molecule has 2 aliphatic heterocycles. The minimum absolute atomic E-state index is 0.0309. The fourth-order valence-corrected chi connectivity index (χ4v) is 9.78. The summed E-state index contributed by atoms with van der Waals surface area (Å²) >= 11 is 0. The van der Waals surface area contributed by atoms with Crippen LogP contribution in [0.15, 0.2) is 72.8 Å². The lowest BCUT2D eigenvalue weighted by Crippen LogP contribution is -2.66. The highest BCUT2D eigenvalue weighted by Gasteiger charge is 2.45. The SMILES string of the molecule is Cc1ccc2c(c1)B(c1c(C)c(C)c(C)c(C)c1C)c1cc(-c3cccc(C#N)c3)cc3c1N2c1ccc(C)cc1B3c1c(C)c(C)c(C)c(C)c1C. The Bertz CT molecular complexity index is 2410. The van der Waals surface area contributed by atoms with Gasteiger partial charge in [0, 0.05) is 17.1 Å². The summed E-state index contributed by atoms with van der Waals surface area (Å²) in [4.78, 5) is 2.59. The van der Waals surface area contributed by atoms with Crippen LogP contribution in [0.4, 0.5) is 17.1 Å². The first-order valence-electron chi connectivity index (χ1n) is 19.1. The normalized spacial score (nSPS) is 12.8. The number of anilines is 3. The van der Waals surface area contributed by atoms with Gasteiger partial charge in [-0.05, 0) is 174 Å². The fourth-order valence-electron chi connectivity index (χ4n) is 9.78. The Balaban J connectivity index is 1.59. The number of nitrogens with zero attached hydrogens (tertiary/aromatic N) is 2. The molecule has 2 aliphatic rings. The Kier molecular flexibility index (Phi) is 8.15. The quantitative estimate of drug-likeness (QED) is 0.176. The van der Waals surface area contributed by atoms with Gasteiger partial charge >= 0.3 is 0 Å². The molecule has 0 fully saturated rings. The first-order chi connectivity index (χ1) is 25.2. The van der Waals surface area contributed by atoms with Crippen molar-refractivity contribution in [2.45, 2.75) is 83.1 Å². The average molecular weight is 687 g/mol. The van der Waals surface area contributed by atoms with Gasteiger partial charge in [-0.15, -0.1) is 0 Å². The molecule has 0 saturated carbocycles. The average Bonchev–Trinajstić information content (AvgIpc) is 3.16. The van der Waals surface area contributed by atoms with Crippen LogP contribution in [0.2, 0.25) is 0 Å². The van der Waals surface area contributed by atoms with E-state index in [1.54, 1.807) is 0 Å². The van der Waals surface area contributed by atoms with E-state index in [4.69, 9.17) is 0 Å². The van der Waals surface area contributed by atoms with Gasteiger partial charge in [0.25, 0.3) is 0 Å². The zero-order valence-electron chi connectivity index (χ0n) is 33.5. The predicted octanol–water partition coefficient (Wildman–Crippen LogP) is 8.06. The van der Waals surface area contributed by atoms with E-state index in [1.807, 2.05) is 12.1 Å². The highest BCUT2D eigenvalue weighted by molar-refractivity contribution is 7.02. The van der Waals surface area contributed by atoms with Gasteiger partial charge in [-0.2, -0.15) is 5.26 Å². The van der Waals surface area contributed by atoms with Gasteiger partial charge in [0.15, 0.2) is 0 Å². The molecule has 6 aromatic rings. The first kappa shape index (κ1) is 34.8. The van der Waals surface area contributed by atoms with E-state index in [0.717, 1.165) is 11.1 Å². The lowest BCUT2D eigenvalue weighted by molar-refractivity contribution is 1.19. The topological polar surface area (TPSA) is 27.0 Å². The molecule has 0 spiro atoms. The zero-order chi connectivity index (χ0) is 37.8. The molecule has 0 unspecified atom stereocenters. The molecule has 53 heavy (non-hydrogen) atoms. The molecule has 260 valence electrons. The van der Waals surface area contributed by atoms with Crippen LogP contribution in [0, 0.1) is 94.4 Å². The summed E-state index contributed by atoms with van der Waals surface area (Å²) < 4.78 is 0. The van der Waals surface area contributed by atoms with Crippen molar-refractivity contribution in [1.29, 1.82) is 5.26 Å². The number of nitriles is 1. The smallest absolute Gasteiger partial charge is 0.247 e. The van der Waals surface area contributed by atoms with Crippen molar-refractivity contribution in [3.63, 3.8) is 0 Å². The molecule has 0 saturated heterocycles. The molecule has 0 N–H and O–H groups in total. The number of rotatable bonds is 3. The van der Waals surface area contributed by atoms with Crippen LogP contribution >= 0.6 is 0 Å².